The molecular weight excluding hydrogens is 186 g/mol. The molecule has 3 nitrogen and oxygen atoms in total. The first kappa shape index (κ1) is 8.41. The lowest BCUT2D eigenvalue weighted by atomic mass is 10.2. The Kier molecular flexibility index (Phi) is 1.88. The van der Waals surface area contributed by atoms with Crippen molar-refractivity contribution in [3.05, 3.63) is 42.4 Å². The van der Waals surface area contributed by atoms with Gasteiger partial charge in [-0.05, 0) is 5.56 Å². The molecule has 0 saturated heterocycles. The number of aliphatic imine (C=N–C) groups is 1. The molecule has 2 aromatic rings. The van der Waals surface area contributed by atoms with Crippen LogP contribution in [0, 0.1) is 0 Å². The molecule has 0 fully saturated rings. The summed E-state index contributed by atoms with van der Waals surface area (Å²) >= 11 is 0. The van der Waals surface area contributed by atoms with E-state index in [9.17, 15) is 0 Å². The molecule has 1 aliphatic heterocycles. The van der Waals surface area contributed by atoms with Gasteiger partial charge < -0.3 is 4.57 Å². The maximum atomic E-state index is 4.35. The van der Waals surface area contributed by atoms with Crippen molar-refractivity contribution in [2.75, 3.05) is 6.54 Å². The van der Waals surface area contributed by atoms with Crippen LogP contribution in [0.15, 0.2) is 41.5 Å². The zero-order valence-electron chi connectivity index (χ0n) is 8.30. The van der Waals surface area contributed by atoms with E-state index in [0.29, 0.717) is 0 Å². The van der Waals surface area contributed by atoms with Crippen molar-refractivity contribution in [2.24, 2.45) is 4.99 Å². The number of imidazole rings is 1. The summed E-state index contributed by atoms with van der Waals surface area (Å²) < 4.78 is 2.21. The molecule has 1 aromatic carbocycles. The van der Waals surface area contributed by atoms with Crippen molar-refractivity contribution >= 4 is 6.21 Å². The Balaban J connectivity index is 2.14. The van der Waals surface area contributed by atoms with Crippen LogP contribution in [0.4, 0.5) is 0 Å². The Morgan fingerprint density at radius 3 is 2.87 bits per heavy atom. The second kappa shape index (κ2) is 3.35. The van der Waals surface area contributed by atoms with Gasteiger partial charge in [-0.25, -0.2) is 4.98 Å². The molecule has 3 rings (SSSR count). The molecular formula is C12H11N3. The summed E-state index contributed by atoms with van der Waals surface area (Å²) in [5.74, 6) is 0.958. The third-order valence-corrected chi connectivity index (χ3v) is 2.62. The molecule has 1 aliphatic rings. The fraction of sp³-hybridized carbons (Fsp3) is 0.167. The fourth-order valence-electron chi connectivity index (χ4n) is 1.87. The monoisotopic (exact) mass is 197 g/mol. The number of aromatic nitrogens is 2. The summed E-state index contributed by atoms with van der Waals surface area (Å²) in [4.78, 5) is 8.56. The van der Waals surface area contributed by atoms with Gasteiger partial charge in [0.2, 0.25) is 0 Å². The van der Waals surface area contributed by atoms with E-state index in [-0.39, 0.29) is 0 Å². The molecule has 0 atom stereocenters. The number of hydrogen-bond acceptors (Lipinski definition) is 2. The molecule has 0 N–H and O–H groups in total. The topological polar surface area (TPSA) is 30.2 Å². The summed E-state index contributed by atoms with van der Waals surface area (Å²) in [5, 5.41) is 0. The van der Waals surface area contributed by atoms with Gasteiger partial charge in [-0.2, -0.15) is 0 Å². The van der Waals surface area contributed by atoms with Gasteiger partial charge in [0.1, 0.15) is 0 Å². The maximum Gasteiger partial charge on any atom is 0.151 e. The highest BCUT2D eigenvalue weighted by atomic mass is 15.1. The largest absolute Gasteiger partial charge is 0.321 e. The second-order valence-corrected chi connectivity index (χ2v) is 3.55. The number of benzene rings is 1. The van der Waals surface area contributed by atoms with Gasteiger partial charge >= 0.3 is 0 Å². The van der Waals surface area contributed by atoms with E-state index in [1.807, 2.05) is 30.6 Å². The van der Waals surface area contributed by atoms with Crippen molar-refractivity contribution < 1.29 is 0 Å². The first-order valence-electron chi connectivity index (χ1n) is 5.06. The highest BCUT2D eigenvalue weighted by molar-refractivity contribution is 5.78. The Labute approximate surface area is 88.1 Å². The lowest BCUT2D eigenvalue weighted by Gasteiger charge is -2.11. The quantitative estimate of drug-likeness (QED) is 0.687. The summed E-state index contributed by atoms with van der Waals surface area (Å²) in [6.45, 7) is 1.78. The van der Waals surface area contributed by atoms with Crippen molar-refractivity contribution in [1.82, 2.24) is 9.55 Å². The molecule has 2 heterocycles. The Bertz CT molecular complexity index is 497. The van der Waals surface area contributed by atoms with E-state index in [2.05, 4.69) is 26.7 Å². The minimum Gasteiger partial charge on any atom is -0.321 e. The van der Waals surface area contributed by atoms with E-state index < -0.39 is 0 Å². The van der Waals surface area contributed by atoms with Gasteiger partial charge in [0, 0.05) is 6.54 Å². The first-order chi connectivity index (χ1) is 7.45. The molecule has 74 valence electrons. The second-order valence-electron chi connectivity index (χ2n) is 3.55. The third-order valence-electron chi connectivity index (χ3n) is 2.62. The maximum absolute atomic E-state index is 4.35. The Morgan fingerprint density at radius 2 is 2.00 bits per heavy atom. The standard InChI is InChI=1S/C12H11N3/c1-2-4-10(5-3-1)11-8-14-12-9-13-6-7-15(11)12/h1-5,8-9H,6-7H2. The van der Waals surface area contributed by atoms with Crippen LogP contribution in [0.2, 0.25) is 0 Å². The predicted octanol–water partition coefficient (Wildman–Crippen LogP) is 1.98. The highest BCUT2D eigenvalue weighted by Gasteiger charge is 2.11. The van der Waals surface area contributed by atoms with Crippen LogP contribution in [0.1, 0.15) is 5.82 Å². The minimum atomic E-state index is 0.850. The van der Waals surface area contributed by atoms with Gasteiger partial charge in [-0.1, -0.05) is 30.3 Å². The lowest BCUT2D eigenvalue weighted by Crippen LogP contribution is -2.12. The highest BCUT2D eigenvalue weighted by Crippen LogP contribution is 2.20. The van der Waals surface area contributed by atoms with Crippen LogP contribution in [0.5, 0.6) is 0 Å². The third kappa shape index (κ3) is 1.36. The average Bonchev–Trinajstić information content (AvgIpc) is 2.74. The van der Waals surface area contributed by atoms with Crippen molar-refractivity contribution in [3.63, 3.8) is 0 Å². The summed E-state index contributed by atoms with van der Waals surface area (Å²) in [6, 6.07) is 10.3. The molecule has 0 unspecified atom stereocenters. The van der Waals surface area contributed by atoms with Crippen LogP contribution >= 0.6 is 0 Å². The number of hydrogen-bond donors (Lipinski definition) is 0. The predicted molar refractivity (Wildman–Crippen MR) is 60.1 cm³/mol. The van der Waals surface area contributed by atoms with E-state index >= 15 is 0 Å². The number of rotatable bonds is 1. The van der Waals surface area contributed by atoms with Crippen LogP contribution in [0.25, 0.3) is 11.3 Å². The van der Waals surface area contributed by atoms with Crippen LogP contribution in [-0.4, -0.2) is 22.3 Å². The molecule has 0 amide bonds. The van der Waals surface area contributed by atoms with Gasteiger partial charge in [0.15, 0.2) is 5.82 Å². The Morgan fingerprint density at radius 1 is 1.13 bits per heavy atom. The minimum absolute atomic E-state index is 0.850. The summed E-state index contributed by atoms with van der Waals surface area (Å²) in [5.41, 5.74) is 2.39. The smallest absolute Gasteiger partial charge is 0.151 e. The van der Waals surface area contributed by atoms with Crippen LogP contribution in [-0.2, 0) is 6.54 Å². The number of nitrogens with zero attached hydrogens (tertiary/aromatic N) is 3. The molecule has 3 heteroatoms. The van der Waals surface area contributed by atoms with Gasteiger partial charge in [0.25, 0.3) is 0 Å². The molecule has 1 aromatic heterocycles. The molecule has 0 bridgehead atoms. The molecule has 0 saturated carbocycles. The normalized spacial score (nSPS) is 13.9. The molecule has 0 radical (unpaired) electrons. The van der Waals surface area contributed by atoms with Crippen molar-refractivity contribution in [2.45, 2.75) is 6.54 Å². The van der Waals surface area contributed by atoms with E-state index in [1.54, 1.807) is 0 Å². The zero-order valence-corrected chi connectivity index (χ0v) is 8.30. The molecule has 15 heavy (non-hydrogen) atoms. The summed E-state index contributed by atoms with van der Waals surface area (Å²) in [7, 11) is 0. The van der Waals surface area contributed by atoms with Gasteiger partial charge in [0.05, 0.1) is 24.7 Å². The van der Waals surface area contributed by atoms with E-state index in [1.165, 1.54) is 11.3 Å². The van der Waals surface area contributed by atoms with E-state index in [4.69, 9.17) is 0 Å². The Hall–Kier alpha value is -1.90. The molecule has 0 spiro atoms. The molecule has 0 aliphatic carbocycles. The van der Waals surface area contributed by atoms with Gasteiger partial charge in [-0.15, -0.1) is 0 Å². The van der Waals surface area contributed by atoms with Gasteiger partial charge in [-0.3, -0.25) is 4.99 Å². The summed E-state index contributed by atoms with van der Waals surface area (Å²) in [6.07, 6.45) is 3.76. The number of fused-ring (bicyclic) bond motifs is 1. The SMILES string of the molecule is C1=NCCn2c(-c3ccccc3)cnc21. The van der Waals surface area contributed by atoms with Crippen molar-refractivity contribution in [3.8, 4) is 11.3 Å². The average molecular weight is 197 g/mol. The zero-order chi connectivity index (χ0) is 10.1. The van der Waals surface area contributed by atoms with Crippen LogP contribution < -0.4 is 0 Å². The lowest BCUT2D eigenvalue weighted by molar-refractivity contribution is 0.693. The fourth-order valence-corrected chi connectivity index (χ4v) is 1.87. The first-order valence-corrected chi connectivity index (χ1v) is 5.06. The van der Waals surface area contributed by atoms with Crippen LogP contribution in [0.3, 0.4) is 0 Å². The van der Waals surface area contributed by atoms with Crippen molar-refractivity contribution in [1.29, 1.82) is 0 Å². The van der Waals surface area contributed by atoms with E-state index in [0.717, 1.165) is 18.9 Å².